The van der Waals surface area contributed by atoms with Crippen molar-refractivity contribution in [3.8, 4) is 39.4 Å². The van der Waals surface area contributed by atoms with Crippen LogP contribution in [0.25, 0.3) is 94.1 Å². The molecule has 0 aliphatic heterocycles. The summed E-state index contributed by atoms with van der Waals surface area (Å²) in [4.78, 5) is 8.50. The van der Waals surface area contributed by atoms with Crippen LogP contribution in [0.1, 0.15) is 0 Å². The van der Waals surface area contributed by atoms with Crippen LogP contribution in [-0.4, -0.2) is 14.5 Å². The average Bonchev–Trinajstić information content (AvgIpc) is 3.84. The topological polar surface area (TPSA) is 46.8 Å². The second kappa shape index (κ2) is 10.1. The molecule has 0 atom stereocenters. The quantitative estimate of drug-likeness (QED) is 0.218. The zero-order valence-electron chi connectivity index (χ0n) is 25.3. The fourth-order valence-corrected chi connectivity index (χ4v) is 7.16. The zero-order valence-corrected chi connectivity index (χ0v) is 25.3. The lowest BCUT2D eigenvalue weighted by Crippen LogP contribution is -1.94. The van der Waals surface area contributed by atoms with Crippen molar-refractivity contribution in [3.05, 3.63) is 158 Å². The van der Waals surface area contributed by atoms with E-state index in [2.05, 4.69) is 125 Å². The van der Waals surface area contributed by atoms with Gasteiger partial charge in [-0.15, -0.1) is 0 Å². The van der Waals surface area contributed by atoms with E-state index in [4.69, 9.17) is 9.40 Å². The number of H-pyrrole nitrogens is 1. The van der Waals surface area contributed by atoms with Crippen LogP contribution in [0, 0.1) is 0 Å². The number of rotatable bonds is 4. The highest BCUT2D eigenvalue weighted by molar-refractivity contribution is 6.22. The van der Waals surface area contributed by atoms with Gasteiger partial charge in [0, 0.05) is 43.9 Å². The summed E-state index contributed by atoms with van der Waals surface area (Å²) in [7, 11) is 0. The van der Waals surface area contributed by atoms with E-state index in [0.717, 1.165) is 50.1 Å². The first kappa shape index (κ1) is 25.9. The molecule has 1 N–H and O–H groups in total. The molecule has 4 heteroatoms. The minimum Gasteiger partial charge on any atom is -0.435 e. The van der Waals surface area contributed by atoms with E-state index in [9.17, 15) is 0 Å². The van der Waals surface area contributed by atoms with E-state index in [-0.39, 0.29) is 0 Å². The summed E-state index contributed by atoms with van der Waals surface area (Å²) >= 11 is 0. The number of hydrogen-bond donors (Lipinski definition) is 1. The molecule has 10 aromatic rings. The number of aromatic nitrogens is 3. The molecule has 0 aliphatic carbocycles. The van der Waals surface area contributed by atoms with Gasteiger partial charge < -0.3 is 14.0 Å². The number of benzene rings is 7. The number of nitrogens with one attached hydrogen (secondary N) is 1. The van der Waals surface area contributed by atoms with Gasteiger partial charge in [0.2, 0.25) is 5.89 Å². The predicted molar refractivity (Wildman–Crippen MR) is 194 cm³/mol. The Labute approximate surface area is 270 Å². The standard InChI is InChI=1S/C43H27N3O/c1-2-9-30(10-3-1)43-45-38-15-8-13-32(42(38)47-43)29-19-17-27(18-20-29)28-21-23-31(24-22-28)46-39-16-7-5-12-34(39)36-26-25-35-33-11-4-6-14-37(33)44-40(35)41(36)46/h1-26,44H. The van der Waals surface area contributed by atoms with Crippen molar-refractivity contribution >= 4 is 54.7 Å². The summed E-state index contributed by atoms with van der Waals surface area (Å²) in [5.74, 6) is 0.637. The summed E-state index contributed by atoms with van der Waals surface area (Å²) in [6.07, 6.45) is 0. The predicted octanol–water partition coefficient (Wildman–Crippen LogP) is 11.6. The molecule has 0 amide bonds. The van der Waals surface area contributed by atoms with Crippen LogP contribution in [0.4, 0.5) is 0 Å². The van der Waals surface area contributed by atoms with Gasteiger partial charge in [-0.3, -0.25) is 0 Å². The average molecular weight is 602 g/mol. The van der Waals surface area contributed by atoms with E-state index in [1.54, 1.807) is 0 Å². The fourth-order valence-electron chi connectivity index (χ4n) is 7.16. The van der Waals surface area contributed by atoms with Gasteiger partial charge in [0.05, 0.1) is 16.6 Å². The molecule has 0 aliphatic rings. The van der Waals surface area contributed by atoms with Gasteiger partial charge >= 0.3 is 0 Å². The number of aromatic amines is 1. The Morgan fingerprint density at radius 1 is 0.489 bits per heavy atom. The summed E-state index contributed by atoms with van der Waals surface area (Å²) in [5.41, 5.74) is 12.9. The monoisotopic (exact) mass is 601 g/mol. The first-order chi connectivity index (χ1) is 23.3. The maximum Gasteiger partial charge on any atom is 0.227 e. The Morgan fingerprint density at radius 3 is 2.00 bits per heavy atom. The molecule has 0 saturated heterocycles. The third kappa shape index (κ3) is 3.98. The van der Waals surface area contributed by atoms with E-state index in [0.29, 0.717) is 5.89 Å². The SMILES string of the molecule is c1ccc(-c2nc3cccc(-c4ccc(-c5ccc(-n6c7ccccc7c7ccc8c9ccccc9[nH]c8c76)cc5)cc4)c3o2)cc1. The smallest absolute Gasteiger partial charge is 0.227 e. The van der Waals surface area contributed by atoms with Crippen LogP contribution >= 0.6 is 0 Å². The number of fused-ring (bicyclic) bond motifs is 8. The zero-order chi connectivity index (χ0) is 30.9. The molecule has 0 spiro atoms. The molecule has 0 fully saturated rings. The molecule has 220 valence electrons. The molecule has 0 bridgehead atoms. The Balaban J connectivity index is 1.04. The Kier molecular flexibility index (Phi) is 5.54. The summed E-state index contributed by atoms with van der Waals surface area (Å²) < 4.78 is 8.69. The molecule has 0 radical (unpaired) electrons. The lowest BCUT2D eigenvalue weighted by molar-refractivity contribution is 0.621. The van der Waals surface area contributed by atoms with Crippen molar-refractivity contribution in [1.82, 2.24) is 14.5 Å². The number of oxazole rings is 1. The van der Waals surface area contributed by atoms with Crippen molar-refractivity contribution < 1.29 is 4.42 Å². The van der Waals surface area contributed by atoms with E-state index in [1.807, 2.05) is 42.5 Å². The van der Waals surface area contributed by atoms with Gasteiger partial charge in [-0.2, -0.15) is 0 Å². The van der Waals surface area contributed by atoms with Gasteiger partial charge in [0.25, 0.3) is 0 Å². The Hall–Kier alpha value is -6.39. The Bertz CT molecular complexity index is 2760. The van der Waals surface area contributed by atoms with Gasteiger partial charge in [0.1, 0.15) is 5.52 Å². The second-order valence-corrected chi connectivity index (χ2v) is 12.1. The first-order valence-electron chi connectivity index (χ1n) is 15.9. The molecular formula is C43H27N3O. The van der Waals surface area contributed by atoms with Crippen LogP contribution in [-0.2, 0) is 0 Å². The van der Waals surface area contributed by atoms with Crippen LogP contribution in [0.2, 0.25) is 0 Å². The third-order valence-corrected chi connectivity index (χ3v) is 9.40. The van der Waals surface area contributed by atoms with Crippen molar-refractivity contribution in [1.29, 1.82) is 0 Å². The van der Waals surface area contributed by atoms with Crippen LogP contribution in [0.3, 0.4) is 0 Å². The minimum atomic E-state index is 0.637. The largest absolute Gasteiger partial charge is 0.435 e. The second-order valence-electron chi connectivity index (χ2n) is 12.1. The van der Waals surface area contributed by atoms with E-state index < -0.39 is 0 Å². The Morgan fingerprint density at radius 2 is 1.17 bits per heavy atom. The molecule has 7 aromatic carbocycles. The molecule has 0 saturated carbocycles. The van der Waals surface area contributed by atoms with Gasteiger partial charge in [-0.1, -0.05) is 115 Å². The highest BCUT2D eigenvalue weighted by atomic mass is 16.3. The van der Waals surface area contributed by atoms with Gasteiger partial charge in [0.15, 0.2) is 5.58 Å². The normalized spacial score (nSPS) is 11.8. The van der Waals surface area contributed by atoms with Crippen LogP contribution in [0.5, 0.6) is 0 Å². The molecule has 3 heterocycles. The maximum absolute atomic E-state index is 6.29. The fraction of sp³-hybridized carbons (Fsp3) is 0. The molecular weight excluding hydrogens is 574 g/mol. The third-order valence-electron chi connectivity index (χ3n) is 9.40. The summed E-state index contributed by atoms with van der Waals surface area (Å²) in [6.45, 7) is 0. The number of nitrogens with zero attached hydrogens (tertiary/aromatic N) is 2. The van der Waals surface area contributed by atoms with Gasteiger partial charge in [-0.05, 0) is 59.2 Å². The number of hydrogen-bond acceptors (Lipinski definition) is 2. The van der Waals surface area contributed by atoms with Crippen molar-refractivity contribution in [3.63, 3.8) is 0 Å². The summed E-state index contributed by atoms with van der Waals surface area (Å²) in [6, 6.07) is 55.6. The molecule has 3 aromatic heterocycles. The highest BCUT2D eigenvalue weighted by Crippen LogP contribution is 2.39. The van der Waals surface area contributed by atoms with Crippen molar-refractivity contribution in [2.45, 2.75) is 0 Å². The first-order valence-corrected chi connectivity index (χ1v) is 15.9. The maximum atomic E-state index is 6.29. The molecule has 10 rings (SSSR count). The van der Waals surface area contributed by atoms with Crippen LogP contribution in [0.15, 0.2) is 162 Å². The molecule has 0 unspecified atom stereocenters. The van der Waals surface area contributed by atoms with E-state index >= 15 is 0 Å². The van der Waals surface area contributed by atoms with Gasteiger partial charge in [-0.25, -0.2) is 4.98 Å². The molecule has 4 nitrogen and oxygen atoms in total. The van der Waals surface area contributed by atoms with Crippen molar-refractivity contribution in [2.24, 2.45) is 0 Å². The highest BCUT2D eigenvalue weighted by Gasteiger charge is 2.18. The van der Waals surface area contributed by atoms with E-state index in [1.165, 1.54) is 38.1 Å². The minimum absolute atomic E-state index is 0.637. The van der Waals surface area contributed by atoms with Crippen LogP contribution < -0.4 is 0 Å². The van der Waals surface area contributed by atoms with Crippen molar-refractivity contribution in [2.75, 3.05) is 0 Å². The number of para-hydroxylation sites is 3. The molecule has 47 heavy (non-hydrogen) atoms. The lowest BCUT2D eigenvalue weighted by Gasteiger charge is -2.10. The summed E-state index contributed by atoms with van der Waals surface area (Å²) in [5, 5.41) is 4.99. The lowest BCUT2D eigenvalue weighted by atomic mass is 9.99.